The summed E-state index contributed by atoms with van der Waals surface area (Å²) in [6.45, 7) is 11.5. The minimum Gasteiger partial charge on any atom is -0.445 e. The highest BCUT2D eigenvalue weighted by Crippen LogP contribution is 2.33. The van der Waals surface area contributed by atoms with Crippen LogP contribution in [0.15, 0.2) is 194 Å². The van der Waals surface area contributed by atoms with Crippen molar-refractivity contribution in [2.45, 2.75) is 267 Å². The zero-order chi connectivity index (χ0) is 106. The van der Waals surface area contributed by atoms with Gasteiger partial charge in [0.1, 0.15) is 72.8 Å². The Morgan fingerprint density at radius 3 is 1.01 bits per heavy atom. The van der Waals surface area contributed by atoms with Crippen molar-refractivity contribution in [1.29, 1.82) is 0 Å². The Kier molecular flexibility index (Phi) is 49.6. The molecule has 27 nitrogen and oxygen atoms in total. The normalized spacial score (nSPS) is 14.2. The second kappa shape index (κ2) is 59.5. The van der Waals surface area contributed by atoms with E-state index in [1.807, 2.05) is 66.7 Å². The molecule has 1 aliphatic carbocycles. The molecule has 8 aromatic carbocycles. The van der Waals surface area contributed by atoms with Crippen LogP contribution in [0, 0.1) is 40.8 Å². The Bertz CT molecular complexity index is 5640. The topological polar surface area (TPSA) is 417 Å². The van der Waals surface area contributed by atoms with E-state index in [0.29, 0.717) is 106 Å². The fourth-order valence-electron chi connectivity index (χ4n) is 16.5. The molecule has 8 aromatic rings. The number of hydrogen-bond donors (Lipinski definition) is 9. The van der Waals surface area contributed by atoms with E-state index >= 15 is 0 Å². The molecule has 12 N–H and O–H groups in total. The molecule has 4 unspecified atom stereocenters. The molecule has 1 fully saturated rings. The number of anilines is 1. The van der Waals surface area contributed by atoms with Gasteiger partial charge in [0, 0.05) is 68.2 Å². The summed E-state index contributed by atoms with van der Waals surface area (Å²) in [5, 5.41) is 38.5. The van der Waals surface area contributed by atoms with Crippen LogP contribution in [0.1, 0.15) is 188 Å². The number of rotatable bonds is 55. The molecule has 6 amide bonds. The van der Waals surface area contributed by atoms with Gasteiger partial charge in [-0.15, -0.1) is 0 Å². The summed E-state index contributed by atoms with van der Waals surface area (Å²) >= 11 is 0. The largest absolute Gasteiger partial charge is 0.445 e. The van der Waals surface area contributed by atoms with E-state index in [0.717, 1.165) is 89.5 Å². The zero-order valence-corrected chi connectivity index (χ0v) is 84.8. The first-order chi connectivity index (χ1) is 68.3. The van der Waals surface area contributed by atoms with Gasteiger partial charge in [-0.05, 0) is 188 Å². The second-order valence-corrected chi connectivity index (χ2v) is 43.4. The number of amides is 6. The van der Waals surface area contributed by atoms with E-state index in [-0.39, 0.29) is 93.3 Å². The van der Waals surface area contributed by atoms with Crippen LogP contribution >= 0.6 is 0 Å². The van der Waals surface area contributed by atoms with Crippen LogP contribution in [0.3, 0.4) is 0 Å². The van der Waals surface area contributed by atoms with E-state index in [1.165, 1.54) is 21.9 Å². The third-order valence-corrected chi connectivity index (χ3v) is 31.1. The Morgan fingerprint density at radius 2 is 0.688 bits per heavy atom. The van der Waals surface area contributed by atoms with E-state index < -0.39 is 213 Å². The van der Waals surface area contributed by atoms with Crippen LogP contribution in [0.25, 0.3) is 0 Å². The first-order valence-electron chi connectivity index (χ1n) is 48.7. The highest BCUT2D eigenvalue weighted by molar-refractivity contribution is 7.92. The molecule has 9 rings (SSSR count). The number of alkyl halides is 3. The van der Waals surface area contributed by atoms with Gasteiger partial charge in [-0.1, -0.05) is 208 Å². The maximum absolute atomic E-state index is 14.4. The lowest BCUT2D eigenvalue weighted by atomic mass is 10.0. The standard InChI is InChI=1S/C37H46F5N3O6S.C36H47F2N3O6S.C32H45F2N3O6S/c1-3-9-31(10-4-2)52(49,50)24-33(44-36(48)51-23-26-11-6-5-7-12-26)35(47)45(16-15-25-13-8-14-28(17-25)37(40,41)42)22-34(46)32(43)20-27-18-29(38)21-30(39)19-27;1-4-11-31(12-5-2)48(45,46)24-33(40-36(44)47-23-26-13-8-7-9-14-26)35(43)41(30-16-10-15-25(6-3)19-30)22-34(42)32(39)20-27-17-28(37)21-29(38)18-27;1-3-8-27(9-4-2)44(41,42)21-29(36-32(40)43-20-23-10-6-5-7-11-23)31(39)37(18-22-12-13-22)19-30(38)28(35)16-24-14-25(33)17-26(34)15-24/h5-8,11-14,17-19,21,31-34,46H,3-4,9-10,15-16,20,22-24,43H2,1-2H3,(H,44,48);7-10,13-19,21,31-34,42H,4-6,11-12,20,22-24,39H2,1-3H3,(H,40,44);5-7,10-11,14-15,17,22,27-30,38H,3-4,8-9,12-13,16,18-21,35H2,1-2H3,(H,36,40)/t32-,33?,34+;32-,33?,34?;28-,29?,30+/m000/s1. The number of aliphatic hydroxyl groups excluding tert-OH is 3. The molecular formula is C105H138F9N9O18S3. The number of ether oxygens (including phenoxy) is 3. The van der Waals surface area contributed by atoms with Crippen molar-refractivity contribution in [2.24, 2.45) is 23.1 Å². The summed E-state index contributed by atoms with van der Waals surface area (Å²) in [5.41, 5.74) is 21.8. The number of alkyl carbamates (subject to hydrolysis) is 3. The number of sulfone groups is 3. The molecule has 0 bridgehead atoms. The molecule has 39 heteroatoms. The van der Waals surface area contributed by atoms with Crippen LogP contribution < -0.4 is 38.1 Å². The summed E-state index contributed by atoms with van der Waals surface area (Å²) in [4.78, 5) is 85.2. The van der Waals surface area contributed by atoms with E-state index in [1.54, 1.807) is 97.1 Å². The number of nitrogens with two attached hydrogens (primary N) is 3. The molecule has 9 atom stereocenters. The first kappa shape index (κ1) is 120. The fourth-order valence-corrected chi connectivity index (χ4v) is 22.9. The summed E-state index contributed by atoms with van der Waals surface area (Å²) in [6.07, 6.45) is -4.24. The van der Waals surface area contributed by atoms with Crippen molar-refractivity contribution in [3.8, 4) is 0 Å². The summed E-state index contributed by atoms with van der Waals surface area (Å²) in [7, 11) is -11.7. The highest BCUT2D eigenvalue weighted by atomic mass is 32.2. The van der Waals surface area contributed by atoms with Gasteiger partial charge in [0.25, 0.3) is 5.91 Å². The van der Waals surface area contributed by atoms with Crippen LogP contribution in [-0.4, -0.2) is 207 Å². The maximum atomic E-state index is 14.4. The Hall–Kier alpha value is -11.0. The summed E-state index contributed by atoms with van der Waals surface area (Å²) in [6, 6.07) is 38.4. The van der Waals surface area contributed by atoms with Crippen molar-refractivity contribution in [3.05, 3.63) is 279 Å². The van der Waals surface area contributed by atoms with Crippen molar-refractivity contribution >= 4 is 71.2 Å². The number of carbonyl (C=O) groups is 6. The van der Waals surface area contributed by atoms with Crippen molar-refractivity contribution in [2.75, 3.05) is 54.9 Å². The highest BCUT2D eigenvalue weighted by Gasteiger charge is 2.42. The Morgan fingerprint density at radius 1 is 0.382 bits per heavy atom. The Balaban J connectivity index is 0.000000294. The minimum absolute atomic E-state index is 0.0567. The summed E-state index contributed by atoms with van der Waals surface area (Å²) in [5.74, 6) is -9.26. The van der Waals surface area contributed by atoms with Crippen LogP contribution in [0.5, 0.6) is 0 Å². The van der Waals surface area contributed by atoms with Gasteiger partial charge in [0.2, 0.25) is 11.8 Å². The predicted octanol–water partition coefficient (Wildman–Crippen LogP) is 15.5. The smallest absolute Gasteiger partial charge is 0.416 e. The molecule has 144 heavy (non-hydrogen) atoms. The molecule has 0 aromatic heterocycles. The van der Waals surface area contributed by atoms with Crippen LogP contribution in [0.2, 0.25) is 0 Å². The van der Waals surface area contributed by atoms with Gasteiger partial charge < -0.3 is 77.4 Å². The molecule has 0 heterocycles. The predicted molar refractivity (Wildman–Crippen MR) is 534 cm³/mol. The van der Waals surface area contributed by atoms with Crippen molar-refractivity contribution < 1.29 is 123 Å². The molecule has 0 radical (unpaired) electrons. The van der Waals surface area contributed by atoms with E-state index in [2.05, 4.69) is 16.0 Å². The van der Waals surface area contributed by atoms with Gasteiger partial charge in [0.05, 0.1) is 63.4 Å². The van der Waals surface area contributed by atoms with Crippen LogP contribution in [0.4, 0.5) is 59.6 Å². The average molecular weight is 2080 g/mol. The number of hydrogen-bond acceptors (Lipinski definition) is 21. The number of aliphatic hydroxyl groups is 3. The maximum Gasteiger partial charge on any atom is 0.416 e. The number of halogens is 9. The second-order valence-electron chi connectivity index (χ2n) is 36.4. The molecule has 0 saturated heterocycles. The molecule has 1 aliphatic rings. The fraction of sp³-hybridized carbons (Fsp3) is 0.486. The first-order valence-corrected chi connectivity index (χ1v) is 53.8. The van der Waals surface area contributed by atoms with Crippen molar-refractivity contribution in [3.63, 3.8) is 0 Å². The molecule has 1 saturated carbocycles. The lowest BCUT2D eigenvalue weighted by Crippen LogP contribution is -2.56. The molecule has 0 spiro atoms. The number of aryl methyl sites for hydroxylation is 1. The number of nitrogens with zero attached hydrogens (tertiary/aromatic N) is 3. The number of benzene rings is 8. The average Bonchev–Trinajstić information content (AvgIpc) is 0.887. The third-order valence-electron chi connectivity index (χ3n) is 24.3. The van der Waals surface area contributed by atoms with Gasteiger partial charge >= 0.3 is 24.5 Å². The van der Waals surface area contributed by atoms with E-state index in [4.69, 9.17) is 31.4 Å². The minimum atomic E-state index is -4.64. The van der Waals surface area contributed by atoms with Gasteiger partial charge in [0.15, 0.2) is 29.5 Å². The number of nitrogens with one attached hydrogen (secondary N) is 3. The quantitative estimate of drug-likeness (QED) is 0.0126. The molecule has 0 aliphatic heterocycles. The van der Waals surface area contributed by atoms with Crippen molar-refractivity contribution in [1.82, 2.24) is 25.8 Å². The SMILES string of the molecule is CCCC(CCC)S(=O)(=O)CC(NC(=O)OCc1ccccc1)C(=O)N(CC(O)[C@@H](N)Cc1cc(F)cc(F)c1)c1cccc(CC)c1.CCCC(CCC)S(=O)(=O)CC(NC(=O)OCc1ccccc1)C(=O)N(CC1CC1)C[C@@H](O)[C@@H](N)Cc1cc(F)cc(F)c1.CCCC(CCC)S(=O)(=O)CC(NC(=O)OCc1ccccc1)C(=O)N(CCc1cccc(C(F)(F)F)c1)C[C@@H](O)[C@@H](N)Cc1cc(F)cc(F)c1. The molecular weight excluding hydrogens is 1940 g/mol. The van der Waals surface area contributed by atoms with E-state index in [9.17, 15) is 109 Å². The van der Waals surface area contributed by atoms with Gasteiger partial charge in [-0.25, -0.2) is 66.0 Å². The van der Waals surface area contributed by atoms with Crippen LogP contribution in [-0.2, 0) is 116 Å². The zero-order valence-electron chi connectivity index (χ0n) is 82.4. The van der Waals surface area contributed by atoms with Gasteiger partial charge in [-0.2, -0.15) is 13.2 Å². The Labute approximate surface area is 839 Å². The lowest BCUT2D eigenvalue weighted by Gasteiger charge is -2.32. The summed E-state index contributed by atoms with van der Waals surface area (Å²) < 4.78 is 221. The van der Waals surface area contributed by atoms with Gasteiger partial charge in [-0.3, -0.25) is 14.4 Å². The third kappa shape index (κ3) is 41.5. The molecule has 792 valence electrons. The number of carbonyl (C=O) groups excluding carboxylic acids is 6. The lowest BCUT2D eigenvalue weighted by molar-refractivity contribution is -0.138. The monoisotopic (exact) mass is 2080 g/mol.